The van der Waals surface area contributed by atoms with Crippen molar-refractivity contribution in [1.82, 2.24) is 4.57 Å². The first-order valence-electron chi connectivity index (χ1n) is 9.89. The lowest BCUT2D eigenvalue weighted by atomic mass is 10.0. The molecule has 0 aliphatic carbocycles. The molecule has 0 saturated carbocycles. The SMILES string of the molecule is Cc1ccc2c(=O)c(-c3ccccc3)cn(CC(=O)Nc3ccc(C(F)(F)F)cc3)c2c1. The topological polar surface area (TPSA) is 51.1 Å². The first-order chi connectivity index (χ1) is 15.2. The first-order valence-corrected chi connectivity index (χ1v) is 9.89. The van der Waals surface area contributed by atoms with E-state index in [0.717, 1.165) is 23.3 Å². The molecule has 32 heavy (non-hydrogen) atoms. The Balaban J connectivity index is 1.69. The number of nitrogens with zero attached hydrogens (tertiary/aromatic N) is 1. The number of pyridine rings is 1. The highest BCUT2D eigenvalue weighted by Crippen LogP contribution is 2.30. The number of anilines is 1. The predicted octanol–water partition coefficient (Wildman–Crippen LogP) is 5.63. The lowest BCUT2D eigenvalue weighted by Gasteiger charge is -2.15. The summed E-state index contributed by atoms with van der Waals surface area (Å²) < 4.78 is 39.9. The molecule has 0 fully saturated rings. The molecule has 0 bridgehead atoms. The highest BCUT2D eigenvalue weighted by molar-refractivity contribution is 5.92. The molecule has 4 aromatic rings. The van der Waals surface area contributed by atoms with Gasteiger partial charge in [0.2, 0.25) is 5.91 Å². The van der Waals surface area contributed by atoms with Crippen LogP contribution in [0, 0.1) is 6.92 Å². The Hall–Kier alpha value is -3.87. The highest BCUT2D eigenvalue weighted by Gasteiger charge is 2.30. The molecular formula is C25H19F3N2O2. The molecular weight excluding hydrogens is 417 g/mol. The number of fused-ring (bicyclic) bond motifs is 1. The fraction of sp³-hybridized carbons (Fsp3) is 0.120. The molecule has 0 aliphatic rings. The van der Waals surface area contributed by atoms with Crippen LogP contribution in [0.5, 0.6) is 0 Å². The number of amides is 1. The van der Waals surface area contributed by atoms with Crippen molar-refractivity contribution in [3.05, 3.63) is 100 Å². The summed E-state index contributed by atoms with van der Waals surface area (Å²) in [6.07, 6.45) is -2.80. The van der Waals surface area contributed by atoms with Crippen molar-refractivity contribution in [2.75, 3.05) is 5.32 Å². The summed E-state index contributed by atoms with van der Waals surface area (Å²) >= 11 is 0. The van der Waals surface area contributed by atoms with E-state index in [1.54, 1.807) is 16.8 Å². The standard InChI is InChI=1S/C25H19F3N2O2/c1-16-7-12-20-22(13-16)30(14-21(24(20)32)17-5-3-2-4-6-17)15-23(31)29-19-10-8-18(9-11-19)25(26,27)28/h2-14H,15H2,1H3,(H,29,31). The van der Waals surface area contributed by atoms with Gasteiger partial charge in [0.05, 0.1) is 11.1 Å². The lowest BCUT2D eigenvalue weighted by Crippen LogP contribution is -2.21. The lowest BCUT2D eigenvalue weighted by molar-refractivity contribution is -0.137. The van der Waals surface area contributed by atoms with E-state index < -0.39 is 17.6 Å². The zero-order valence-corrected chi connectivity index (χ0v) is 17.1. The van der Waals surface area contributed by atoms with Crippen LogP contribution in [-0.4, -0.2) is 10.5 Å². The number of carbonyl (C=O) groups is 1. The minimum absolute atomic E-state index is 0.110. The Morgan fingerprint density at radius 2 is 1.66 bits per heavy atom. The Bertz CT molecular complexity index is 1340. The largest absolute Gasteiger partial charge is 0.416 e. The van der Waals surface area contributed by atoms with E-state index in [9.17, 15) is 22.8 Å². The van der Waals surface area contributed by atoms with Gasteiger partial charge in [-0.15, -0.1) is 0 Å². The van der Waals surface area contributed by atoms with Crippen LogP contribution in [0.25, 0.3) is 22.0 Å². The number of rotatable bonds is 4. The molecule has 1 amide bonds. The number of benzene rings is 3. The Kier molecular flexibility index (Phi) is 5.57. The molecule has 0 saturated heterocycles. The summed E-state index contributed by atoms with van der Waals surface area (Å²) in [5.41, 5.74) is 2.07. The van der Waals surface area contributed by atoms with E-state index in [1.807, 2.05) is 49.4 Å². The summed E-state index contributed by atoms with van der Waals surface area (Å²) in [5, 5.41) is 3.10. The van der Waals surface area contributed by atoms with E-state index in [0.29, 0.717) is 16.5 Å². The van der Waals surface area contributed by atoms with Crippen LogP contribution in [0.4, 0.5) is 18.9 Å². The number of nitrogens with one attached hydrogen (secondary N) is 1. The van der Waals surface area contributed by atoms with Crippen LogP contribution in [0.1, 0.15) is 11.1 Å². The van der Waals surface area contributed by atoms with Crippen LogP contribution in [0.2, 0.25) is 0 Å². The molecule has 0 unspecified atom stereocenters. The Labute approximate surface area is 181 Å². The van der Waals surface area contributed by atoms with E-state index >= 15 is 0 Å². The maximum Gasteiger partial charge on any atom is 0.416 e. The van der Waals surface area contributed by atoms with E-state index in [-0.39, 0.29) is 17.7 Å². The fourth-order valence-corrected chi connectivity index (χ4v) is 3.55. The third-order valence-corrected chi connectivity index (χ3v) is 5.13. The van der Waals surface area contributed by atoms with Crippen molar-refractivity contribution in [3.8, 4) is 11.1 Å². The predicted molar refractivity (Wildman–Crippen MR) is 118 cm³/mol. The number of halogens is 3. The van der Waals surface area contributed by atoms with Crippen molar-refractivity contribution in [1.29, 1.82) is 0 Å². The molecule has 1 heterocycles. The van der Waals surface area contributed by atoms with Gasteiger partial charge in [0, 0.05) is 22.8 Å². The van der Waals surface area contributed by atoms with Gasteiger partial charge in [0.25, 0.3) is 0 Å². The van der Waals surface area contributed by atoms with Gasteiger partial charge in [-0.25, -0.2) is 0 Å². The summed E-state index contributed by atoms with van der Waals surface area (Å²) in [6, 6.07) is 18.8. The van der Waals surface area contributed by atoms with Gasteiger partial charge in [0.15, 0.2) is 5.43 Å². The number of alkyl halides is 3. The fourth-order valence-electron chi connectivity index (χ4n) is 3.55. The van der Waals surface area contributed by atoms with Crippen LogP contribution in [0.15, 0.2) is 83.8 Å². The molecule has 1 aromatic heterocycles. The Morgan fingerprint density at radius 3 is 2.31 bits per heavy atom. The summed E-state index contributed by atoms with van der Waals surface area (Å²) in [4.78, 5) is 25.8. The van der Waals surface area contributed by atoms with Crippen LogP contribution >= 0.6 is 0 Å². The average molecular weight is 436 g/mol. The van der Waals surface area contributed by atoms with Gasteiger partial charge < -0.3 is 9.88 Å². The van der Waals surface area contributed by atoms with Gasteiger partial charge in [-0.05, 0) is 54.4 Å². The second-order valence-electron chi connectivity index (χ2n) is 7.51. The van der Waals surface area contributed by atoms with E-state index in [2.05, 4.69) is 5.32 Å². The van der Waals surface area contributed by atoms with Gasteiger partial charge in [-0.2, -0.15) is 13.2 Å². The quantitative estimate of drug-likeness (QED) is 0.451. The number of hydrogen-bond acceptors (Lipinski definition) is 2. The molecule has 162 valence electrons. The molecule has 1 N–H and O–H groups in total. The zero-order chi connectivity index (χ0) is 22.9. The van der Waals surface area contributed by atoms with Crippen molar-refractivity contribution < 1.29 is 18.0 Å². The van der Waals surface area contributed by atoms with Gasteiger partial charge in [-0.3, -0.25) is 9.59 Å². The number of hydrogen-bond donors (Lipinski definition) is 1. The summed E-state index contributed by atoms with van der Waals surface area (Å²) in [7, 11) is 0. The third kappa shape index (κ3) is 4.42. The van der Waals surface area contributed by atoms with E-state index in [4.69, 9.17) is 0 Å². The molecule has 3 aromatic carbocycles. The second-order valence-corrected chi connectivity index (χ2v) is 7.51. The average Bonchev–Trinajstić information content (AvgIpc) is 2.76. The smallest absolute Gasteiger partial charge is 0.337 e. The zero-order valence-electron chi connectivity index (χ0n) is 17.1. The van der Waals surface area contributed by atoms with Crippen LogP contribution < -0.4 is 10.7 Å². The Morgan fingerprint density at radius 1 is 0.969 bits per heavy atom. The van der Waals surface area contributed by atoms with Gasteiger partial charge >= 0.3 is 6.18 Å². The summed E-state index contributed by atoms with van der Waals surface area (Å²) in [6.45, 7) is 1.78. The molecule has 4 nitrogen and oxygen atoms in total. The molecule has 0 radical (unpaired) electrons. The highest BCUT2D eigenvalue weighted by atomic mass is 19.4. The molecule has 0 aliphatic heterocycles. The van der Waals surface area contributed by atoms with Crippen molar-refractivity contribution >= 4 is 22.5 Å². The maximum absolute atomic E-state index is 13.1. The van der Waals surface area contributed by atoms with Crippen molar-refractivity contribution in [2.24, 2.45) is 0 Å². The third-order valence-electron chi connectivity index (χ3n) is 5.13. The van der Waals surface area contributed by atoms with Crippen molar-refractivity contribution in [2.45, 2.75) is 19.6 Å². The van der Waals surface area contributed by atoms with Crippen LogP contribution in [0.3, 0.4) is 0 Å². The molecule has 0 spiro atoms. The molecule has 4 rings (SSSR count). The minimum Gasteiger partial charge on any atom is -0.337 e. The number of aryl methyl sites for hydroxylation is 1. The van der Waals surface area contributed by atoms with Crippen molar-refractivity contribution in [3.63, 3.8) is 0 Å². The maximum atomic E-state index is 13.1. The van der Waals surface area contributed by atoms with E-state index in [1.165, 1.54) is 12.1 Å². The monoisotopic (exact) mass is 436 g/mol. The molecule has 7 heteroatoms. The first kappa shape index (κ1) is 21.4. The van der Waals surface area contributed by atoms with Crippen LogP contribution in [-0.2, 0) is 17.5 Å². The summed E-state index contributed by atoms with van der Waals surface area (Å²) in [5.74, 6) is -0.421. The van der Waals surface area contributed by atoms with Gasteiger partial charge in [0.1, 0.15) is 6.54 Å². The second kappa shape index (κ2) is 8.34. The number of aromatic nitrogens is 1. The normalized spacial score (nSPS) is 11.5. The number of carbonyl (C=O) groups excluding carboxylic acids is 1. The van der Waals surface area contributed by atoms with Gasteiger partial charge in [-0.1, -0.05) is 36.4 Å². The minimum atomic E-state index is -4.44. The molecule has 0 atom stereocenters.